The Morgan fingerprint density at radius 1 is 1.11 bits per heavy atom. The number of carbonyl (C=O) groups excluding carboxylic acids is 3. The molecule has 0 fully saturated rings. The third kappa shape index (κ3) is 5.59. The maximum absolute atomic E-state index is 12.8. The minimum atomic E-state index is -0.896. The van der Waals surface area contributed by atoms with Gasteiger partial charge in [-0.25, -0.2) is 9.18 Å². The molecule has 10 heteroatoms. The zero-order valence-corrected chi connectivity index (χ0v) is 14.7. The number of hydrogen-bond acceptors (Lipinski definition) is 6. The van der Waals surface area contributed by atoms with Crippen molar-refractivity contribution in [3.63, 3.8) is 0 Å². The molecule has 2 rings (SSSR count). The fourth-order valence-corrected chi connectivity index (χ4v) is 2.22. The van der Waals surface area contributed by atoms with Crippen LogP contribution in [0.15, 0.2) is 42.5 Å². The quantitative estimate of drug-likeness (QED) is 0.423. The van der Waals surface area contributed by atoms with E-state index in [1.165, 1.54) is 49.4 Å². The van der Waals surface area contributed by atoms with Crippen LogP contribution < -0.4 is 10.6 Å². The molecular weight excluding hydrogens is 373 g/mol. The first-order valence-electron chi connectivity index (χ1n) is 8.01. The summed E-state index contributed by atoms with van der Waals surface area (Å²) in [6.45, 7) is 0.350. The van der Waals surface area contributed by atoms with Gasteiger partial charge in [-0.2, -0.15) is 0 Å². The van der Waals surface area contributed by atoms with Crippen molar-refractivity contribution in [2.45, 2.75) is 6.92 Å². The molecular formula is C18H16FN3O6. The topological polar surface area (TPSA) is 128 Å². The standard InChI is InChI=1S/C18H16FN3O6/c1-11-14(3-2-4-15(11)22(26)27)18(25)28-10-17(24)20-9-16(23)21-13-7-5-12(19)6-8-13/h2-8H,9-10H2,1H3,(H,20,24)(H,21,23). The highest BCUT2D eigenvalue weighted by molar-refractivity contribution is 5.96. The summed E-state index contributed by atoms with van der Waals surface area (Å²) in [4.78, 5) is 45.7. The van der Waals surface area contributed by atoms with Crippen LogP contribution in [0.1, 0.15) is 15.9 Å². The van der Waals surface area contributed by atoms with E-state index < -0.39 is 35.1 Å². The smallest absolute Gasteiger partial charge is 0.339 e. The van der Waals surface area contributed by atoms with Crippen LogP contribution in [-0.2, 0) is 14.3 Å². The molecule has 0 aliphatic rings. The number of halogens is 1. The van der Waals surface area contributed by atoms with Gasteiger partial charge in [-0.3, -0.25) is 19.7 Å². The highest BCUT2D eigenvalue weighted by atomic mass is 19.1. The lowest BCUT2D eigenvalue weighted by Gasteiger charge is -2.09. The molecule has 0 aliphatic heterocycles. The van der Waals surface area contributed by atoms with Gasteiger partial charge in [0.2, 0.25) is 5.91 Å². The summed E-state index contributed by atoms with van der Waals surface area (Å²) in [7, 11) is 0. The molecule has 146 valence electrons. The van der Waals surface area contributed by atoms with Crippen molar-refractivity contribution in [1.29, 1.82) is 0 Å². The lowest BCUT2D eigenvalue weighted by molar-refractivity contribution is -0.385. The molecule has 2 aromatic carbocycles. The van der Waals surface area contributed by atoms with Crippen molar-refractivity contribution < 1.29 is 28.4 Å². The Hall–Kier alpha value is -3.82. The van der Waals surface area contributed by atoms with Crippen LogP contribution in [0.2, 0.25) is 0 Å². The number of carbonyl (C=O) groups is 3. The Morgan fingerprint density at radius 2 is 1.79 bits per heavy atom. The fraction of sp³-hybridized carbons (Fsp3) is 0.167. The lowest BCUT2D eigenvalue weighted by Crippen LogP contribution is -2.35. The number of benzene rings is 2. The monoisotopic (exact) mass is 389 g/mol. The molecule has 2 N–H and O–H groups in total. The first-order valence-corrected chi connectivity index (χ1v) is 8.01. The number of anilines is 1. The van der Waals surface area contributed by atoms with Crippen LogP contribution in [-0.4, -0.2) is 35.9 Å². The molecule has 0 atom stereocenters. The maximum atomic E-state index is 12.8. The molecule has 2 aromatic rings. The number of nitro groups is 1. The van der Waals surface area contributed by atoms with E-state index in [9.17, 15) is 28.9 Å². The number of nitrogens with one attached hydrogen (secondary N) is 2. The molecule has 0 unspecified atom stereocenters. The maximum Gasteiger partial charge on any atom is 0.339 e. The summed E-state index contributed by atoms with van der Waals surface area (Å²) >= 11 is 0. The number of esters is 1. The van der Waals surface area contributed by atoms with Gasteiger partial charge in [0.25, 0.3) is 11.6 Å². The predicted molar refractivity (Wildman–Crippen MR) is 96.2 cm³/mol. The molecule has 0 aromatic heterocycles. The summed E-state index contributed by atoms with van der Waals surface area (Å²) < 4.78 is 17.6. The van der Waals surface area contributed by atoms with E-state index in [1.807, 2.05) is 0 Å². The van der Waals surface area contributed by atoms with Crippen LogP contribution >= 0.6 is 0 Å². The molecule has 0 heterocycles. The minimum Gasteiger partial charge on any atom is -0.452 e. The highest BCUT2D eigenvalue weighted by Gasteiger charge is 2.19. The van der Waals surface area contributed by atoms with Crippen LogP contribution in [0.25, 0.3) is 0 Å². The van der Waals surface area contributed by atoms with E-state index >= 15 is 0 Å². The number of rotatable bonds is 7. The van der Waals surface area contributed by atoms with Gasteiger partial charge in [0, 0.05) is 17.3 Å². The van der Waals surface area contributed by atoms with Crippen LogP contribution in [0, 0.1) is 22.9 Å². The average Bonchev–Trinajstić information content (AvgIpc) is 2.66. The Morgan fingerprint density at radius 3 is 2.43 bits per heavy atom. The lowest BCUT2D eigenvalue weighted by atomic mass is 10.1. The molecule has 0 bridgehead atoms. The van der Waals surface area contributed by atoms with Gasteiger partial charge >= 0.3 is 5.97 Å². The summed E-state index contributed by atoms with van der Waals surface area (Å²) in [5.74, 6) is -2.63. The third-order valence-electron chi connectivity index (χ3n) is 3.63. The van der Waals surface area contributed by atoms with E-state index in [2.05, 4.69) is 10.6 Å². The minimum absolute atomic E-state index is 0.0314. The van der Waals surface area contributed by atoms with Crippen LogP contribution in [0.4, 0.5) is 15.8 Å². The number of nitrogens with zero attached hydrogens (tertiary/aromatic N) is 1. The summed E-state index contributed by atoms with van der Waals surface area (Å²) in [5, 5.41) is 15.6. The number of ether oxygens (including phenoxy) is 1. The molecule has 0 spiro atoms. The second kappa shape index (κ2) is 9.21. The first-order chi connectivity index (χ1) is 13.3. The number of hydrogen-bond donors (Lipinski definition) is 2. The van der Waals surface area contributed by atoms with E-state index in [4.69, 9.17) is 4.74 Å². The Balaban J connectivity index is 1.81. The van der Waals surface area contributed by atoms with E-state index in [0.717, 1.165) is 0 Å². The van der Waals surface area contributed by atoms with Crippen molar-refractivity contribution in [2.75, 3.05) is 18.5 Å². The van der Waals surface area contributed by atoms with Gasteiger partial charge in [0.15, 0.2) is 6.61 Å². The second-order valence-corrected chi connectivity index (χ2v) is 5.61. The number of amides is 2. The molecule has 0 saturated heterocycles. The summed E-state index contributed by atoms with van der Waals surface area (Å²) in [6.07, 6.45) is 0. The van der Waals surface area contributed by atoms with E-state index in [0.29, 0.717) is 5.69 Å². The summed E-state index contributed by atoms with van der Waals surface area (Å²) in [6, 6.07) is 8.99. The zero-order chi connectivity index (χ0) is 20.7. The van der Waals surface area contributed by atoms with E-state index in [-0.39, 0.29) is 23.4 Å². The molecule has 0 radical (unpaired) electrons. The molecule has 9 nitrogen and oxygen atoms in total. The van der Waals surface area contributed by atoms with Crippen molar-refractivity contribution >= 4 is 29.2 Å². The van der Waals surface area contributed by atoms with Gasteiger partial charge in [-0.15, -0.1) is 0 Å². The van der Waals surface area contributed by atoms with Gasteiger partial charge in [-0.1, -0.05) is 6.07 Å². The molecule has 0 aliphatic carbocycles. The van der Waals surface area contributed by atoms with Gasteiger partial charge < -0.3 is 15.4 Å². The first kappa shape index (κ1) is 20.5. The SMILES string of the molecule is Cc1c(C(=O)OCC(=O)NCC(=O)Nc2ccc(F)cc2)cccc1[N+](=O)[O-]. The van der Waals surface area contributed by atoms with Crippen molar-refractivity contribution in [2.24, 2.45) is 0 Å². The Kier molecular flexibility index (Phi) is 6.74. The second-order valence-electron chi connectivity index (χ2n) is 5.61. The van der Waals surface area contributed by atoms with Gasteiger partial charge in [0.1, 0.15) is 5.82 Å². The third-order valence-corrected chi connectivity index (χ3v) is 3.63. The predicted octanol–water partition coefficient (Wildman–Crippen LogP) is 1.95. The van der Waals surface area contributed by atoms with Gasteiger partial charge in [0.05, 0.1) is 17.0 Å². The molecule has 0 saturated carbocycles. The normalized spacial score (nSPS) is 10.1. The average molecular weight is 389 g/mol. The Labute approximate surface area is 158 Å². The van der Waals surface area contributed by atoms with Crippen LogP contribution in [0.3, 0.4) is 0 Å². The van der Waals surface area contributed by atoms with Crippen LogP contribution in [0.5, 0.6) is 0 Å². The van der Waals surface area contributed by atoms with Crippen molar-refractivity contribution in [3.8, 4) is 0 Å². The van der Waals surface area contributed by atoms with Gasteiger partial charge in [-0.05, 0) is 37.3 Å². The molecule has 28 heavy (non-hydrogen) atoms. The summed E-state index contributed by atoms with van der Waals surface area (Å²) in [5.41, 5.74) is 0.206. The fourth-order valence-electron chi connectivity index (χ4n) is 2.22. The number of nitro benzene ring substituents is 1. The highest BCUT2D eigenvalue weighted by Crippen LogP contribution is 2.21. The van der Waals surface area contributed by atoms with Crippen molar-refractivity contribution in [3.05, 3.63) is 69.5 Å². The zero-order valence-electron chi connectivity index (χ0n) is 14.7. The molecule has 2 amide bonds. The van der Waals surface area contributed by atoms with Crippen molar-refractivity contribution in [1.82, 2.24) is 5.32 Å². The van der Waals surface area contributed by atoms with E-state index in [1.54, 1.807) is 0 Å². The largest absolute Gasteiger partial charge is 0.452 e. The Bertz CT molecular complexity index is 914.